The summed E-state index contributed by atoms with van der Waals surface area (Å²) in [5.41, 5.74) is 2.63. The first-order valence-electron chi connectivity index (χ1n) is 8.14. The van der Waals surface area contributed by atoms with Crippen LogP contribution in [0.5, 0.6) is 0 Å². The highest BCUT2D eigenvalue weighted by molar-refractivity contribution is 6.30. The maximum Gasteiger partial charge on any atom is 0.272 e. The van der Waals surface area contributed by atoms with E-state index >= 15 is 0 Å². The smallest absolute Gasteiger partial charge is 0.272 e. The molecule has 6 heteroatoms. The molecule has 0 atom stereocenters. The summed E-state index contributed by atoms with van der Waals surface area (Å²) in [6, 6.07) is 14.9. The van der Waals surface area contributed by atoms with Crippen molar-refractivity contribution < 1.29 is 4.79 Å². The Hall–Kier alpha value is -2.66. The van der Waals surface area contributed by atoms with Gasteiger partial charge in [-0.2, -0.15) is 5.10 Å². The molecule has 0 bridgehead atoms. The second-order valence-corrected chi connectivity index (χ2v) is 6.75. The molecule has 1 aliphatic rings. The van der Waals surface area contributed by atoms with Crippen molar-refractivity contribution in [2.75, 3.05) is 0 Å². The Bertz CT molecular complexity index is 932. The molecule has 1 N–H and O–H groups in total. The molecule has 5 nitrogen and oxygen atoms in total. The van der Waals surface area contributed by atoms with E-state index in [1.165, 1.54) is 0 Å². The summed E-state index contributed by atoms with van der Waals surface area (Å²) in [5, 5.41) is 8.18. The van der Waals surface area contributed by atoms with E-state index in [0.29, 0.717) is 10.7 Å². The zero-order chi connectivity index (χ0) is 17.4. The predicted octanol–water partition coefficient (Wildman–Crippen LogP) is 3.65. The van der Waals surface area contributed by atoms with Crippen LogP contribution in [-0.4, -0.2) is 20.7 Å². The van der Waals surface area contributed by atoms with E-state index in [0.717, 1.165) is 29.9 Å². The zero-order valence-corrected chi connectivity index (χ0v) is 14.5. The van der Waals surface area contributed by atoms with Gasteiger partial charge in [0.2, 0.25) is 0 Å². The third-order valence-corrected chi connectivity index (χ3v) is 4.67. The van der Waals surface area contributed by atoms with Crippen LogP contribution in [0.2, 0.25) is 5.02 Å². The topological polar surface area (TPSA) is 59.8 Å². The number of aromatic nitrogens is 3. The molecule has 2 aromatic heterocycles. The molecule has 0 aliphatic heterocycles. The van der Waals surface area contributed by atoms with E-state index in [1.54, 1.807) is 23.0 Å². The summed E-state index contributed by atoms with van der Waals surface area (Å²) in [6.45, 7) is 1.91. The maximum absolute atomic E-state index is 12.7. The minimum absolute atomic E-state index is 0.188. The van der Waals surface area contributed by atoms with E-state index < -0.39 is 0 Å². The molecule has 25 heavy (non-hydrogen) atoms. The molecule has 4 rings (SSSR count). The van der Waals surface area contributed by atoms with Gasteiger partial charge in [0, 0.05) is 16.9 Å². The second kappa shape index (κ2) is 6.01. The Morgan fingerprint density at radius 2 is 2.04 bits per heavy atom. The largest absolute Gasteiger partial charge is 0.340 e. The molecular weight excluding hydrogens is 336 g/mol. The highest BCUT2D eigenvalue weighted by atomic mass is 35.5. The van der Waals surface area contributed by atoms with Crippen LogP contribution in [0, 0.1) is 6.92 Å². The van der Waals surface area contributed by atoms with Crippen LogP contribution in [0.3, 0.4) is 0 Å². The first-order valence-corrected chi connectivity index (χ1v) is 8.52. The molecule has 0 unspecified atom stereocenters. The number of carbonyl (C=O) groups excluding carboxylic acids is 1. The van der Waals surface area contributed by atoms with Gasteiger partial charge in [0.25, 0.3) is 5.91 Å². The van der Waals surface area contributed by atoms with Crippen LogP contribution in [0.4, 0.5) is 0 Å². The lowest BCUT2D eigenvalue weighted by Gasteiger charge is -2.15. The third-order valence-electron chi connectivity index (χ3n) is 4.43. The summed E-state index contributed by atoms with van der Waals surface area (Å²) in [7, 11) is 0. The molecule has 1 amide bonds. The molecule has 3 aromatic rings. The quantitative estimate of drug-likeness (QED) is 0.779. The number of hydrogen-bond acceptors (Lipinski definition) is 3. The van der Waals surface area contributed by atoms with Gasteiger partial charge < -0.3 is 5.32 Å². The summed E-state index contributed by atoms with van der Waals surface area (Å²) in [5.74, 6) is -0.188. The molecule has 126 valence electrons. The minimum Gasteiger partial charge on any atom is -0.340 e. The second-order valence-electron chi connectivity index (χ2n) is 6.31. The molecule has 1 fully saturated rings. The Morgan fingerprint density at radius 3 is 2.72 bits per heavy atom. The number of benzene rings is 1. The lowest BCUT2D eigenvalue weighted by molar-refractivity contribution is 0.0924. The number of halogens is 1. The lowest BCUT2D eigenvalue weighted by atomic mass is 10.1. The average molecular weight is 353 g/mol. The van der Waals surface area contributed by atoms with E-state index in [1.807, 2.05) is 43.3 Å². The molecule has 1 aliphatic carbocycles. The molecule has 0 radical (unpaired) electrons. The monoisotopic (exact) mass is 352 g/mol. The number of carbonyl (C=O) groups is 1. The van der Waals surface area contributed by atoms with Gasteiger partial charge in [-0.3, -0.25) is 9.78 Å². The van der Waals surface area contributed by atoms with Gasteiger partial charge in [-0.25, -0.2) is 4.68 Å². The van der Waals surface area contributed by atoms with Gasteiger partial charge in [-0.15, -0.1) is 0 Å². The van der Waals surface area contributed by atoms with Gasteiger partial charge >= 0.3 is 0 Å². The van der Waals surface area contributed by atoms with Crippen molar-refractivity contribution in [2.24, 2.45) is 0 Å². The average Bonchev–Trinajstić information content (AvgIpc) is 3.29. The highest BCUT2D eigenvalue weighted by Gasteiger charge is 2.47. The Morgan fingerprint density at radius 1 is 1.20 bits per heavy atom. The normalized spacial score (nSPS) is 15.0. The molecule has 0 saturated heterocycles. The first-order chi connectivity index (χ1) is 12.1. The summed E-state index contributed by atoms with van der Waals surface area (Å²) >= 11 is 6.05. The number of amides is 1. The SMILES string of the molecule is Cc1cc(C(=O)NC2(c3ccccn3)CC2)nn1-c1cccc(Cl)c1. The fourth-order valence-corrected chi connectivity index (χ4v) is 3.14. The predicted molar refractivity (Wildman–Crippen MR) is 95.9 cm³/mol. The van der Waals surface area contributed by atoms with Crippen molar-refractivity contribution in [3.05, 3.63) is 76.8 Å². The van der Waals surface area contributed by atoms with Gasteiger partial charge in [0.15, 0.2) is 5.69 Å². The van der Waals surface area contributed by atoms with Gasteiger partial charge in [-0.1, -0.05) is 23.7 Å². The number of pyridine rings is 1. The minimum atomic E-state index is -0.355. The molecule has 1 saturated carbocycles. The number of nitrogens with zero attached hydrogens (tertiary/aromatic N) is 3. The number of nitrogens with one attached hydrogen (secondary N) is 1. The van der Waals surface area contributed by atoms with Gasteiger partial charge in [-0.05, 0) is 56.2 Å². The number of aryl methyl sites for hydroxylation is 1. The van der Waals surface area contributed by atoms with Crippen molar-refractivity contribution >= 4 is 17.5 Å². The molecule has 1 aromatic carbocycles. The Kier molecular flexibility index (Phi) is 3.81. The molecule has 0 spiro atoms. The fourth-order valence-electron chi connectivity index (χ4n) is 2.95. The van der Waals surface area contributed by atoms with Gasteiger partial charge in [0.05, 0.1) is 16.9 Å². The van der Waals surface area contributed by atoms with E-state index in [-0.39, 0.29) is 11.4 Å². The van der Waals surface area contributed by atoms with Crippen LogP contribution < -0.4 is 5.32 Å². The van der Waals surface area contributed by atoms with Crippen LogP contribution in [0.15, 0.2) is 54.7 Å². The van der Waals surface area contributed by atoms with Crippen LogP contribution >= 0.6 is 11.6 Å². The van der Waals surface area contributed by atoms with Gasteiger partial charge in [0.1, 0.15) is 0 Å². The summed E-state index contributed by atoms with van der Waals surface area (Å²) in [6.07, 6.45) is 3.53. The molecule has 2 heterocycles. The van der Waals surface area contributed by atoms with E-state index in [2.05, 4.69) is 15.4 Å². The maximum atomic E-state index is 12.7. The molecular formula is C19H17ClN4O. The van der Waals surface area contributed by atoms with E-state index in [4.69, 9.17) is 11.6 Å². The van der Waals surface area contributed by atoms with Crippen molar-refractivity contribution in [3.8, 4) is 5.69 Å². The summed E-state index contributed by atoms with van der Waals surface area (Å²) in [4.78, 5) is 17.1. The number of rotatable bonds is 4. The first kappa shape index (κ1) is 15.8. The van der Waals surface area contributed by atoms with Crippen molar-refractivity contribution in [2.45, 2.75) is 25.3 Å². The zero-order valence-electron chi connectivity index (χ0n) is 13.7. The Balaban J connectivity index is 1.59. The van der Waals surface area contributed by atoms with Crippen molar-refractivity contribution in [1.29, 1.82) is 0 Å². The van der Waals surface area contributed by atoms with Crippen molar-refractivity contribution in [3.63, 3.8) is 0 Å². The highest BCUT2D eigenvalue weighted by Crippen LogP contribution is 2.44. The van der Waals surface area contributed by atoms with Crippen LogP contribution in [0.25, 0.3) is 5.69 Å². The van der Waals surface area contributed by atoms with E-state index in [9.17, 15) is 4.79 Å². The number of hydrogen-bond donors (Lipinski definition) is 1. The Labute approximate surface area is 150 Å². The summed E-state index contributed by atoms with van der Waals surface area (Å²) < 4.78 is 1.72. The van der Waals surface area contributed by atoms with Crippen molar-refractivity contribution in [1.82, 2.24) is 20.1 Å². The van der Waals surface area contributed by atoms with Crippen LogP contribution in [0.1, 0.15) is 34.7 Å². The standard InChI is InChI=1S/C19H17ClN4O/c1-13-11-16(23-24(13)15-6-4-5-14(20)12-15)18(25)22-19(8-9-19)17-7-2-3-10-21-17/h2-7,10-12H,8-9H2,1H3,(H,22,25). The third kappa shape index (κ3) is 3.03. The lowest BCUT2D eigenvalue weighted by Crippen LogP contribution is -2.35. The van der Waals surface area contributed by atoms with Crippen LogP contribution in [-0.2, 0) is 5.54 Å². The fraction of sp³-hybridized carbons (Fsp3) is 0.211.